The SMILES string of the molecule is Cc1ccccc1N(CCCNS(=O)(=O)c1ccc(C(F)(F)F)cc1)c1cc(N=[N+]=[N-])ccc1C. The number of nitrogens with zero attached hydrogens (tertiary/aromatic N) is 4. The van der Waals surface area contributed by atoms with Crippen molar-refractivity contribution < 1.29 is 21.6 Å². The van der Waals surface area contributed by atoms with Gasteiger partial charge >= 0.3 is 6.18 Å². The fourth-order valence-electron chi connectivity index (χ4n) is 3.59. The summed E-state index contributed by atoms with van der Waals surface area (Å²) in [6.45, 7) is 4.39. The van der Waals surface area contributed by atoms with Gasteiger partial charge in [-0.15, -0.1) is 0 Å². The number of aryl methyl sites for hydroxylation is 2. The first kappa shape index (κ1) is 26.1. The third kappa shape index (κ3) is 6.54. The quantitative estimate of drug-likeness (QED) is 0.151. The van der Waals surface area contributed by atoms with E-state index in [1.807, 2.05) is 49.1 Å². The summed E-state index contributed by atoms with van der Waals surface area (Å²) in [6, 6.07) is 16.4. The molecule has 0 radical (unpaired) electrons. The molecule has 35 heavy (non-hydrogen) atoms. The van der Waals surface area contributed by atoms with Gasteiger partial charge in [-0.05, 0) is 73.3 Å². The minimum atomic E-state index is -4.54. The summed E-state index contributed by atoms with van der Waals surface area (Å²) in [5, 5.41) is 3.68. The largest absolute Gasteiger partial charge is 0.416 e. The van der Waals surface area contributed by atoms with Crippen molar-refractivity contribution in [3.05, 3.63) is 93.9 Å². The summed E-state index contributed by atoms with van der Waals surface area (Å²) in [5.74, 6) is 0. The molecule has 0 atom stereocenters. The maximum atomic E-state index is 12.8. The lowest BCUT2D eigenvalue weighted by Gasteiger charge is -2.28. The molecular weight excluding hydrogens is 479 g/mol. The average molecular weight is 504 g/mol. The monoisotopic (exact) mass is 503 g/mol. The second kappa shape index (κ2) is 10.8. The van der Waals surface area contributed by atoms with E-state index in [0.29, 0.717) is 18.7 Å². The molecule has 0 saturated carbocycles. The van der Waals surface area contributed by atoms with E-state index in [-0.39, 0.29) is 11.4 Å². The van der Waals surface area contributed by atoms with E-state index in [1.165, 1.54) is 0 Å². The Labute approximate surface area is 201 Å². The fraction of sp³-hybridized carbons (Fsp3) is 0.250. The number of hydrogen-bond acceptors (Lipinski definition) is 4. The summed E-state index contributed by atoms with van der Waals surface area (Å²) in [6.07, 6.45) is -4.14. The molecule has 0 aromatic heterocycles. The molecule has 3 aromatic rings. The zero-order valence-electron chi connectivity index (χ0n) is 19.1. The van der Waals surface area contributed by atoms with E-state index in [0.717, 1.165) is 46.8 Å². The Kier molecular flexibility index (Phi) is 8.06. The van der Waals surface area contributed by atoms with Crippen LogP contribution in [0.15, 0.2) is 76.7 Å². The van der Waals surface area contributed by atoms with Gasteiger partial charge in [-0.3, -0.25) is 0 Å². The van der Waals surface area contributed by atoms with Crippen LogP contribution in [0.25, 0.3) is 10.4 Å². The average Bonchev–Trinajstić information content (AvgIpc) is 2.81. The molecule has 0 saturated heterocycles. The van der Waals surface area contributed by atoms with Crippen molar-refractivity contribution in [2.45, 2.75) is 31.3 Å². The molecule has 184 valence electrons. The molecule has 0 aliphatic rings. The first-order valence-corrected chi connectivity index (χ1v) is 12.2. The number of sulfonamides is 1. The molecule has 0 spiro atoms. The molecule has 3 rings (SSSR count). The van der Waals surface area contributed by atoms with Crippen LogP contribution in [-0.4, -0.2) is 21.5 Å². The molecule has 3 aromatic carbocycles. The van der Waals surface area contributed by atoms with Crippen LogP contribution in [0, 0.1) is 13.8 Å². The number of para-hydroxylation sites is 1. The number of hydrogen-bond donors (Lipinski definition) is 1. The van der Waals surface area contributed by atoms with Gasteiger partial charge in [0.1, 0.15) is 0 Å². The number of alkyl halides is 3. The first-order valence-electron chi connectivity index (χ1n) is 10.7. The van der Waals surface area contributed by atoms with Crippen LogP contribution in [-0.2, 0) is 16.2 Å². The fourth-order valence-corrected chi connectivity index (χ4v) is 4.66. The van der Waals surface area contributed by atoms with Gasteiger partial charge < -0.3 is 4.90 Å². The zero-order valence-corrected chi connectivity index (χ0v) is 19.9. The topological polar surface area (TPSA) is 98.2 Å². The Bertz CT molecular complexity index is 1340. The summed E-state index contributed by atoms with van der Waals surface area (Å²) in [5.41, 5.74) is 12.0. The van der Waals surface area contributed by atoms with Crippen LogP contribution >= 0.6 is 0 Å². The second-order valence-electron chi connectivity index (χ2n) is 7.87. The maximum absolute atomic E-state index is 12.8. The third-order valence-electron chi connectivity index (χ3n) is 5.39. The van der Waals surface area contributed by atoms with Gasteiger partial charge in [0, 0.05) is 35.1 Å². The van der Waals surface area contributed by atoms with Crippen LogP contribution < -0.4 is 9.62 Å². The Morgan fingerprint density at radius 1 is 0.971 bits per heavy atom. The number of nitrogens with one attached hydrogen (secondary N) is 1. The highest BCUT2D eigenvalue weighted by Crippen LogP contribution is 2.34. The number of azide groups is 1. The van der Waals surface area contributed by atoms with Crippen molar-refractivity contribution in [3.63, 3.8) is 0 Å². The molecule has 0 bridgehead atoms. The molecular formula is C24H24F3N5O2S. The molecule has 0 fully saturated rings. The van der Waals surface area contributed by atoms with Gasteiger partial charge in [0.15, 0.2) is 0 Å². The van der Waals surface area contributed by atoms with E-state index in [2.05, 4.69) is 14.7 Å². The Balaban J connectivity index is 1.77. The number of benzene rings is 3. The van der Waals surface area contributed by atoms with E-state index in [9.17, 15) is 21.6 Å². The van der Waals surface area contributed by atoms with Gasteiger partial charge in [-0.2, -0.15) is 13.2 Å². The van der Waals surface area contributed by atoms with E-state index in [4.69, 9.17) is 5.53 Å². The minimum absolute atomic E-state index is 0.0703. The molecule has 7 nitrogen and oxygen atoms in total. The van der Waals surface area contributed by atoms with Gasteiger partial charge in [0.05, 0.1) is 10.5 Å². The molecule has 1 N–H and O–H groups in total. The van der Waals surface area contributed by atoms with Crippen LogP contribution in [0.2, 0.25) is 0 Å². The predicted molar refractivity (Wildman–Crippen MR) is 129 cm³/mol. The van der Waals surface area contributed by atoms with Crippen LogP contribution in [0.3, 0.4) is 0 Å². The molecule has 11 heteroatoms. The van der Waals surface area contributed by atoms with Gasteiger partial charge in [0.25, 0.3) is 0 Å². The summed E-state index contributed by atoms with van der Waals surface area (Å²) < 4.78 is 65.8. The first-order chi connectivity index (χ1) is 16.5. The van der Waals surface area contributed by atoms with Crippen molar-refractivity contribution in [2.75, 3.05) is 18.0 Å². The molecule has 0 aliphatic carbocycles. The third-order valence-corrected chi connectivity index (χ3v) is 6.87. The number of anilines is 2. The molecule has 0 unspecified atom stereocenters. The van der Waals surface area contributed by atoms with Crippen molar-refractivity contribution in [3.8, 4) is 0 Å². The Hall–Kier alpha value is -3.53. The normalized spacial score (nSPS) is 11.7. The number of rotatable bonds is 9. The molecule has 0 heterocycles. The highest BCUT2D eigenvalue weighted by molar-refractivity contribution is 7.89. The van der Waals surface area contributed by atoms with Crippen molar-refractivity contribution >= 4 is 27.1 Å². The zero-order chi connectivity index (χ0) is 25.6. The van der Waals surface area contributed by atoms with Crippen molar-refractivity contribution in [1.82, 2.24) is 4.72 Å². The lowest BCUT2D eigenvalue weighted by Crippen LogP contribution is -2.28. The minimum Gasteiger partial charge on any atom is -0.341 e. The van der Waals surface area contributed by atoms with Crippen LogP contribution in [0.1, 0.15) is 23.1 Å². The standard InChI is InChI=1S/C24H24F3N5O2S/c1-17-6-3-4-7-22(17)32(23-16-20(30-31-28)11-8-18(23)2)15-5-14-29-35(33,34)21-12-9-19(10-13-21)24(25,26)27/h3-4,6-13,16,29H,5,14-15H2,1-2H3. The highest BCUT2D eigenvalue weighted by atomic mass is 32.2. The summed E-state index contributed by atoms with van der Waals surface area (Å²) >= 11 is 0. The van der Waals surface area contributed by atoms with Crippen LogP contribution in [0.5, 0.6) is 0 Å². The lowest BCUT2D eigenvalue weighted by molar-refractivity contribution is -0.137. The van der Waals surface area contributed by atoms with E-state index < -0.39 is 21.8 Å². The summed E-state index contributed by atoms with van der Waals surface area (Å²) in [7, 11) is -3.97. The lowest BCUT2D eigenvalue weighted by atomic mass is 10.1. The van der Waals surface area contributed by atoms with Crippen molar-refractivity contribution in [1.29, 1.82) is 0 Å². The van der Waals surface area contributed by atoms with E-state index in [1.54, 1.807) is 12.1 Å². The summed E-state index contributed by atoms with van der Waals surface area (Å²) in [4.78, 5) is 4.63. The highest BCUT2D eigenvalue weighted by Gasteiger charge is 2.30. The molecule has 0 amide bonds. The Morgan fingerprint density at radius 3 is 2.26 bits per heavy atom. The Morgan fingerprint density at radius 2 is 1.63 bits per heavy atom. The van der Waals surface area contributed by atoms with E-state index >= 15 is 0 Å². The smallest absolute Gasteiger partial charge is 0.341 e. The van der Waals surface area contributed by atoms with Crippen LogP contribution in [0.4, 0.5) is 30.2 Å². The number of halogens is 3. The second-order valence-corrected chi connectivity index (χ2v) is 9.64. The molecule has 0 aliphatic heterocycles. The van der Waals surface area contributed by atoms with Gasteiger partial charge in [0.2, 0.25) is 10.0 Å². The predicted octanol–water partition coefficient (Wildman–Crippen LogP) is 6.77. The van der Waals surface area contributed by atoms with Crippen molar-refractivity contribution in [2.24, 2.45) is 5.11 Å². The van der Waals surface area contributed by atoms with Gasteiger partial charge in [-0.25, -0.2) is 13.1 Å². The maximum Gasteiger partial charge on any atom is 0.416 e. The van der Waals surface area contributed by atoms with Gasteiger partial charge in [-0.1, -0.05) is 35.4 Å².